The van der Waals surface area contributed by atoms with E-state index < -0.39 is 17.8 Å². The summed E-state index contributed by atoms with van der Waals surface area (Å²) in [6, 6.07) is 9.19. The van der Waals surface area contributed by atoms with Crippen LogP contribution in [0.4, 0.5) is 0 Å². The molecule has 0 bridgehead atoms. The number of hydrogen-bond acceptors (Lipinski definition) is 4. The summed E-state index contributed by atoms with van der Waals surface area (Å²) in [6.07, 6.45) is 4.00. The summed E-state index contributed by atoms with van der Waals surface area (Å²) in [7, 11) is 0. The summed E-state index contributed by atoms with van der Waals surface area (Å²) in [5.41, 5.74) is 6.83. The zero-order valence-electron chi connectivity index (χ0n) is 12.0. The predicted octanol–water partition coefficient (Wildman–Crippen LogP) is 1.11. The van der Waals surface area contributed by atoms with Gasteiger partial charge in [0.05, 0.1) is 6.04 Å². The van der Waals surface area contributed by atoms with Gasteiger partial charge in [0, 0.05) is 12.1 Å². The van der Waals surface area contributed by atoms with Gasteiger partial charge in [0.15, 0.2) is 0 Å². The maximum absolute atomic E-state index is 11.9. The molecule has 1 aliphatic carbocycles. The van der Waals surface area contributed by atoms with Crippen LogP contribution in [0, 0.1) is 0 Å². The van der Waals surface area contributed by atoms with Crippen molar-refractivity contribution in [1.82, 2.24) is 5.32 Å². The number of aliphatic carboxylic acids is 1. The molecular formula is C16H22N2O3. The summed E-state index contributed by atoms with van der Waals surface area (Å²) < 4.78 is 0. The van der Waals surface area contributed by atoms with Crippen LogP contribution in [-0.4, -0.2) is 35.0 Å². The van der Waals surface area contributed by atoms with Gasteiger partial charge in [0.2, 0.25) is 0 Å². The number of nitrogens with one attached hydrogen (secondary N) is 1. The van der Waals surface area contributed by atoms with Crippen molar-refractivity contribution in [3.05, 3.63) is 35.9 Å². The minimum absolute atomic E-state index is 0.168. The van der Waals surface area contributed by atoms with Crippen LogP contribution in [0.25, 0.3) is 0 Å². The van der Waals surface area contributed by atoms with Crippen molar-refractivity contribution in [2.24, 2.45) is 5.73 Å². The molecule has 4 N–H and O–H groups in total. The first kappa shape index (κ1) is 15.7. The lowest BCUT2D eigenvalue weighted by Crippen LogP contribution is -2.49. The van der Waals surface area contributed by atoms with Crippen molar-refractivity contribution >= 4 is 11.8 Å². The Bertz CT molecular complexity index is 482. The van der Waals surface area contributed by atoms with E-state index in [0.717, 1.165) is 31.2 Å². The van der Waals surface area contributed by atoms with E-state index in [1.165, 1.54) is 0 Å². The van der Waals surface area contributed by atoms with Crippen LogP contribution in [0.1, 0.15) is 31.2 Å². The molecule has 0 radical (unpaired) electrons. The number of benzene rings is 1. The molecule has 114 valence electrons. The normalized spacial score (nSPS) is 23.5. The summed E-state index contributed by atoms with van der Waals surface area (Å²) in [5, 5.41) is 12.2. The molecule has 0 unspecified atom stereocenters. The topological polar surface area (TPSA) is 92.4 Å². The van der Waals surface area contributed by atoms with Crippen molar-refractivity contribution in [2.45, 2.75) is 50.2 Å². The molecule has 0 aromatic heterocycles. The van der Waals surface area contributed by atoms with Crippen molar-refractivity contribution in [3.8, 4) is 0 Å². The minimum Gasteiger partial charge on any atom is -0.475 e. The number of carbonyl (C=O) groups is 2. The van der Waals surface area contributed by atoms with Gasteiger partial charge in [-0.05, 0) is 37.7 Å². The Labute approximate surface area is 124 Å². The number of carbonyl (C=O) groups excluding carboxylic acids is 1. The molecule has 1 atom stereocenters. The summed E-state index contributed by atoms with van der Waals surface area (Å²) in [6.45, 7) is 0. The van der Waals surface area contributed by atoms with Gasteiger partial charge in [-0.25, -0.2) is 4.79 Å². The predicted molar refractivity (Wildman–Crippen MR) is 79.9 cm³/mol. The monoisotopic (exact) mass is 290 g/mol. The Balaban J connectivity index is 2.02. The molecular weight excluding hydrogens is 268 g/mol. The number of carboxylic acid groups (broad SMARTS) is 1. The van der Waals surface area contributed by atoms with Crippen LogP contribution in [-0.2, 0) is 16.0 Å². The lowest BCUT2D eigenvalue weighted by Gasteiger charge is -2.30. The fourth-order valence-corrected chi connectivity index (χ4v) is 2.80. The molecule has 0 aliphatic heterocycles. The van der Waals surface area contributed by atoms with E-state index in [0.29, 0.717) is 6.42 Å². The number of carboxylic acids is 1. The fraction of sp³-hybridized carbons (Fsp3) is 0.500. The Morgan fingerprint density at radius 2 is 1.81 bits per heavy atom. The number of ketones is 1. The minimum atomic E-state index is -1.38. The fourth-order valence-electron chi connectivity index (χ4n) is 2.80. The average Bonchev–Trinajstić information content (AvgIpc) is 2.49. The summed E-state index contributed by atoms with van der Waals surface area (Å²) in [4.78, 5) is 22.9. The number of Topliss-reactive ketones (excluding diaryl/α,β-unsaturated/α-hetero) is 1. The SMILES string of the molecule is NC1CCC(N[C@@H](Cc2ccccc2)C(=O)C(=O)O)CC1. The zero-order chi connectivity index (χ0) is 15.2. The second-order valence-corrected chi connectivity index (χ2v) is 5.69. The van der Waals surface area contributed by atoms with Gasteiger partial charge < -0.3 is 16.2 Å². The van der Waals surface area contributed by atoms with Crippen molar-refractivity contribution in [1.29, 1.82) is 0 Å². The van der Waals surface area contributed by atoms with E-state index >= 15 is 0 Å². The van der Waals surface area contributed by atoms with Gasteiger partial charge >= 0.3 is 5.97 Å². The lowest BCUT2D eigenvalue weighted by molar-refractivity contribution is -0.150. The molecule has 1 aromatic rings. The first-order valence-corrected chi connectivity index (χ1v) is 7.39. The second-order valence-electron chi connectivity index (χ2n) is 5.69. The van der Waals surface area contributed by atoms with E-state index in [-0.39, 0.29) is 12.1 Å². The number of nitrogens with two attached hydrogens (primary N) is 1. The number of rotatable bonds is 6. The molecule has 0 saturated heterocycles. The first-order chi connectivity index (χ1) is 10.1. The highest BCUT2D eigenvalue weighted by Crippen LogP contribution is 2.18. The zero-order valence-corrected chi connectivity index (χ0v) is 12.0. The molecule has 1 fully saturated rings. The lowest BCUT2D eigenvalue weighted by atomic mass is 9.90. The Morgan fingerprint density at radius 1 is 1.19 bits per heavy atom. The second kappa shape index (κ2) is 7.33. The standard InChI is InChI=1S/C16H22N2O3/c17-12-6-8-13(9-7-12)18-14(15(19)16(20)21)10-11-4-2-1-3-5-11/h1-5,12-14,18H,6-10,17H2,(H,20,21)/t12?,13?,14-/m0/s1. The van der Waals surface area contributed by atoms with Gasteiger partial charge in [0.1, 0.15) is 0 Å². The van der Waals surface area contributed by atoms with E-state index in [1.54, 1.807) is 0 Å². The van der Waals surface area contributed by atoms with Gasteiger partial charge in [-0.3, -0.25) is 4.79 Å². The van der Waals surface area contributed by atoms with Gasteiger partial charge in [-0.2, -0.15) is 0 Å². The molecule has 5 nitrogen and oxygen atoms in total. The molecule has 0 spiro atoms. The quantitative estimate of drug-likeness (QED) is 0.683. The average molecular weight is 290 g/mol. The van der Waals surface area contributed by atoms with Crippen LogP contribution >= 0.6 is 0 Å². The molecule has 0 heterocycles. The number of hydrogen-bond donors (Lipinski definition) is 3. The van der Waals surface area contributed by atoms with Crippen LogP contribution in [0.2, 0.25) is 0 Å². The maximum Gasteiger partial charge on any atom is 0.373 e. The largest absolute Gasteiger partial charge is 0.475 e. The van der Waals surface area contributed by atoms with E-state index in [1.807, 2.05) is 30.3 Å². The summed E-state index contributed by atoms with van der Waals surface area (Å²) >= 11 is 0. The van der Waals surface area contributed by atoms with Gasteiger partial charge in [0.25, 0.3) is 5.78 Å². The summed E-state index contributed by atoms with van der Waals surface area (Å²) in [5.74, 6) is -2.15. The molecule has 1 saturated carbocycles. The first-order valence-electron chi connectivity index (χ1n) is 7.39. The Kier molecular flexibility index (Phi) is 5.47. The third kappa shape index (κ3) is 4.65. The van der Waals surface area contributed by atoms with Gasteiger partial charge in [-0.1, -0.05) is 30.3 Å². The van der Waals surface area contributed by atoms with Crippen molar-refractivity contribution in [2.75, 3.05) is 0 Å². The highest BCUT2D eigenvalue weighted by molar-refractivity contribution is 6.34. The van der Waals surface area contributed by atoms with Crippen LogP contribution < -0.4 is 11.1 Å². The van der Waals surface area contributed by atoms with Crippen molar-refractivity contribution < 1.29 is 14.7 Å². The van der Waals surface area contributed by atoms with Crippen LogP contribution in [0.5, 0.6) is 0 Å². The Hall–Kier alpha value is -1.72. The molecule has 5 heteroatoms. The molecule has 21 heavy (non-hydrogen) atoms. The molecule has 0 amide bonds. The third-order valence-electron chi connectivity index (χ3n) is 4.02. The van der Waals surface area contributed by atoms with Crippen LogP contribution in [0.3, 0.4) is 0 Å². The molecule has 2 rings (SSSR count). The Morgan fingerprint density at radius 3 is 2.38 bits per heavy atom. The smallest absolute Gasteiger partial charge is 0.373 e. The highest BCUT2D eigenvalue weighted by atomic mass is 16.4. The van der Waals surface area contributed by atoms with E-state index in [4.69, 9.17) is 10.8 Å². The highest BCUT2D eigenvalue weighted by Gasteiger charge is 2.28. The third-order valence-corrected chi connectivity index (χ3v) is 4.02. The van der Waals surface area contributed by atoms with E-state index in [2.05, 4.69) is 5.32 Å². The molecule has 1 aliphatic rings. The van der Waals surface area contributed by atoms with Crippen LogP contribution in [0.15, 0.2) is 30.3 Å². The maximum atomic E-state index is 11.9. The van der Waals surface area contributed by atoms with Crippen molar-refractivity contribution in [3.63, 3.8) is 0 Å². The van der Waals surface area contributed by atoms with Gasteiger partial charge in [-0.15, -0.1) is 0 Å². The molecule has 1 aromatic carbocycles. The van der Waals surface area contributed by atoms with E-state index in [9.17, 15) is 9.59 Å².